The molecule has 0 saturated carbocycles. The second-order valence-electron chi connectivity index (χ2n) is 6.79. The molecule has 1 N–H and O–H groups in total. The van der Waals surface area contributed by atoms with Crippen molar-refractivity contribution in [3.63, 3.8) is 0 Å². The van der Waals surface area contributed by atoms with Crippen molar-refractivity contribution in [2.24, 2.45) is 0 Å². The lowest BCUT2D eigenvalue weighted by molar-refractivity contribution is -0.120. The van der Waals surface area contributed by atoms with Crippen LogP contribution in [0.2, 0.25) is 0 Å². The van der Waals surface area contributed by atoms with E-state index in [0.29, 0.717) is 13.1 Å². The third kappa shape index (κ3) is 5.45. The Morgan fingerprint density at radius 1 is 1.07 bits per heavy atom. The lowest BCUT2D eigenvalue weighted by Crippen LogP contribution is -2.30. The molecule has 2 aromatic carbocycles. The molecule has 5 nitrogen and oxygen atoms in total. The molecule has 0 aliphatic heterocycles. The predicted octanol–water partition coefficient (Wildman–Crippen LogP) is 4.28. The third-order valence-electron chi connectivity index (χ3n) is 4.46. The highest BCUT2D eigenvalue weighted by Crippen LogP contribution is 2.22. The van der Waals surface area contributed by atoms with Gasteiger partial charge in [-0.05, 0) is 42.3 Å². The zero-order chi connectivity index (χ0) is 20.6. The molecule has 0 fully saturated rings. The average Bonchev–Trinajstić information content (AvgIpc) is 3.26. The van der Waals surface area contributed by atoms with Gasteiger partial charge in [-0.3, -0.25) is 9.59 Å². The van der Waals surface area contributed by atoms with Gasteiger partial charge in [0.1, 0.15) is 0 Å². The Kier molecular flexibility index (Phi) is 6.63. The molecule has 3 rings (SSSR count). The Hall–Kier alpha value is -3.60. The maximum absolute atomic E-state index is 13.0. The van der Waals surface area contributed by atoms with Crippen molar-refractivity contribution < 1.29 is 14.0 Å². The Bertz CT molecular complexity index is 976. The SMILES string of the molecule is C=CCNC(=O)Cc1ccc(N(Cc2cccc(C)c2)C(=O)c2ccco2)cc1. The summed E-state index contributed by atoms with van der Waals surface area (Å²) in [4.78, 5) is 26.6. The monoisotopic (exact) mass is 388 g/mol. The second kappa shape index (κ2) is 9.55. The molecular weight excluding hydrogens is 364 g/mol. The van der Waals surface area contributed by atoms with E-state index in [9.17, 15) is 9.59 Å². The van der Waals surface area contributed by atoms with Crippen molar-refractivity contribution in [3.8, 4) is 0 Å². The van der Waals surface area contributed by atoms with Crippen molar-refractivity contribution in [1.82, 2.24) is 5.32 Å². The van der Waals surface area contributed by atoms with E-state index >= 15 is 0 Å². The number of furan rings is 1. The molecule has 0 saturated heterocycles. The fraction of sp³-hybridized carbons (Fsp3) is 0.167. The van der Waals surface area contributed by atoms with Crippen LogP contribution in [0.25, 0.3) is 0 Å². The summed E-state index contributed by atoms with van der Waals surface area (Å²) < 4.78 is 5.32. The summed E-state index contributed by atoms with van der Waals surface area (Å²) in [5, 5.41) is 2.76. The summed E-state index contributed by atoms with van der Waals surface area (Å²) >= 11 is 0. The summed E-state index contributed by atoms with van der Waals surface area (Å²) in [6.45, 7) is 6.47. The first-order valence-electron chi connectivity index (χ1n) is 9.44. The zero-order valence-electron chi connectivity index (χ0n) is 16.4. The Balaban J connectivity index is 1.82. The largest absolute Gasteiger partial charge is 0.459 e. The molecule has 5 heteroatoms. The van der Waals surface area contributed by atoms with E-state index in [1.807, 2.05) is 49.4 Å². The molecule has 0 aliphatic rings. The maximum Gasteiger partial charge on any atom is 0.294 e. The number of hydrogen-bond acceptors (Lipinski definition) is 3. The van der Waals surface area contributed by atoms with Gasteiger partial charge in [-0.25, -0.2) is 0 Å². The standard InChI is InChI=1S/C24H24N2O3/c1-3-13-25-23(27)16-19-9-11-21(12-10-19)26(24(28)22-8-5-14-29-22)17-20-7-4-6-18(2)15-20/h3-12,14-15H,1,13,16-17H2,2H3,(H,25,27). The van der Waals surface area contributed by atoms with Gasteiger partial charge in [0.15, 0.2) is 5.76 Å². The third-order valence-corrected chi connectivity index (χ3v) is 4.46. The van der Waals surface area contributed by atoms with Gasteiger partial charge >= 0.3 is 0 Å². The van der Waals surface area contributed by atoms with Gasteiger partial charge in [0.25, 0.3) is 5.91 Å². The van der Waals surface area contributed by atoms with Gasteiger partial charge < -0.3 is 14.6 Å². The molecule has 29 heavy (non-hydrogen) atoms. The first-order chi connectivity index (χ1) is 14.1. The van der Waals surface area contributed by atoms with Crippen LogP contribution in [-0.2, 0) is 17.8 Å². The molecule has 3 aromatic rings. The summed E-state index contributed by atoms with van der Waals surface area (Å²) in [5.74, 6) is -0.000515. The van der Waals surface area contributed by atoms with Crippen LogP contribution in [0.15, 0.2) is 84.0 Å². The number of anilines is 1. The molecule has 1 aromatic heterocycles. The molecule has 0 bridgehead atoms. The maximum atomic E-state index is 13.0. The van der Waals surface area contributed by atoms with E-state index in [1.165, 1.54) is 6.26 Å². The van der Waals surface area contributed by atoms with Crippen LogP contribution in [0.3, 0.4) is 0 Å². The average molecular weight is 388 g/mol. The first-order valence-corrected chi connectivity index (χ1v) is 9.44. The Morgan fingerprint density at radius 2 is 1.86 bits per heavy atom. The van der Waals surface area contributed by atoms with E-state index in [0.717, 1.165) is 22.4 Å². The van der Waals surface area contributed by atoms with Crippen molar-refractivity contribution in [3.05, 3.63) is 102 Å². The fourth-order valence-electron chi connectivity index (χ4n) is 3.03. The van der Waals surface area contributed by atoms with Crippen LogP contribution in [-0.4, -0.2) is 18.4 Å². The molecule has 0 radical (unpaired) electrons. The molecule has 1 heterocycles. The van der Waals surface area contributed by atoms with Gasteiger partial charge in [-0.2, -0.15) is 0 Å². The van der Waals surface area contributed by atoms with E-state index in [1.54, 1.807) is 23.1 Å². The van der Waals surface area contributed by atoms with Crippen molar-refractivity contribution >= 4 is 17.5 Å². The van der Waals surface area contributed by atoms with Gasteiger partial charge in [0, 0.05) is 12.2 Å². The molecule has 0 aliphatic carbocycles. The Labute approximate surface area is 170 Å². The summed E-state index contributed by atoms with van der Waals surface area (Å²) in [6.07, 6.45) is 3.41. The van der Waals surface area contributed by atoms with E-state index in [2.05, 4.69) is 18.0 Å². The molecule has 0 atom stereocenters. The van der Waals surface area contributed by atoms with Crippen LogP contribution in [0, 0.1) is 6.92 Å². The van der Waals surface area contributed by atoms with Crippen LogP contribution in [0.4, 0.5) is 5.69 Å². The lowest BCUT2D eigenvalue weighted by atomic mass is 10.1. The number of rotatable bonds is 8. The fourth-order valence-corrected chi connectivity index (χ4v) is 3.03. The molecular formula is C24H24N2O3. The molecule has 0 unspecified atom stereocenters. The smallest absolute Gasteiger partial charge is 0.294 e. The summed E-state index contributed by atoms with van der Waals surface area (Å²) in [7, 11) is 0. The number of carbonyl (C=O) groups is 2. The second-order valence-corrected chi connectivity index (χ2v) is 6.79. The van der Waals surface area contributed by atoms with Crippen LogP contribution in [0.1, 0.15) is 27.2 Å². The minimum absolute atomic E-state index is 0.0686. The number of benzene rings is 2. The molecule has 148 valence electrons. The minimum atomic E-state index is -0.215. The first kappa shape index (κ1) is 20.1. The zero-order valence-corrected chi connectivity index (χ0v) is 16.4. The van der Waals surface area contributed by atoms with Crippen LogP contribution >= 0.6 is 0 Å². The van der Waals surface area contributed by atoms with Gasteiger partial charge in [0.2, 0.25) is 5.91 Å². The van der Waals surface area contributed by atoms with E-state index < -0.39 is 0 Å². The van der Waals surface area contributed by atoms with E-state index in [4.69, 9.17) is 4.42 Å². The number of carbonyl (C=O) groups excluding carboxylic acids is 2. The van der Waals surface area contributed by atoms with Crippen LogP contribution < -0.4 is 10.2 Å². The highest BCUT2D eigenvalue weighted by molar-refractivity contribution is 6.04. The van der Waals surface area contributed by atoms with Crippen molar-refractivity contribution in [2.75, 3.05) is 11.4 Å². The van der Waals surface area contributed by atoms with Gasteiger partial charge in [-0.1, -0.05) is 48.0 Å². The van der Waals surface area contributed by atoms with Crippen molar-refractivity contribution in [2.45, 2.75) is 19.9 Å². The number of hydrogen-bond donors (Lipinski definition) is 1. The van der Waals surface area contributed by atoms with E-state index in [-0.39, 0.29) is 24.0 Å². The number of nitrogens with zero attached hydrogens (tertiary/aromatic N) is 1. The quantitative estimate of drug-likeness (QED) is 0.586. The molecule has 0 spiro atoms. The number of aryl methyl sites for hydroxylation is 1. The lowest BCUT2D eigenvalue weighted by Gasteiger charge is -2.22. The van der Waals surface area contributed by atoms with Gasteiger partial charge in [-0.15, -0.1) is 6.58 Å². The Morgan fingerprint density at radius 3 is 2.52 bits per heavy atom. The van der Waals surface area contributed by atoms with Gasteiger partial charge in [0.05, 0.1) is 19.2 Å². The topological polar surface area (TPSA) is 62.6 Å². The highest BCUT2D eigenvalue weighted by Gasteiger charge is 2.20. The normalized spacial score (nSPS) is 10.4. The highest BCUT2D eigenvalue weighted by atomic mass is 16.3. The summed E-state index contributed by atoms with van der Waals surface area (Å²) in [6, 6.07) is 18.8. The minimum Gasteiger partial charge on any atom is -0.459 e. The summed E-state index contributed by atoms with van der Waals surface area (Å²) in [5.41, 5.74) is 3.77. The van der Waals surface area contributed by atoms with Crippen molar-refractivity contribution in [1.29, 1.82) is 0 Å². The number of nitrogens with one attached hydrogen (secondary N) is 1. The number of amides is 2. The molecule has 2 amide bonds. The van der Waals surface area contributed by atoms with Crippen LogP contribution in [0.5, 0.6) is 0 Å². The predicted molar refractivity (Wildman–Crippen MR) is 114 cm³/mol.